The monoisotopic (exact) mass is 510 g/mol. The molecule has 0 bridgehead atoms. The van der Waals surface area contributed by atoms with Crippen molar-refractivity contribution in [2.24, 2.45) is 9.98 Å². The SMILES string of the molecule is Cc1cc(C(=O)N[C@@H](CC(=O)N2CCCC[C@@H]2C)C(=O)N[C@@H](C)C2=NCC(c3ccccc3F)=N2)no1. The lowest BCUT2D eigenvalue weighted by Gasteiger charge is -2.34. The zero-order chi connectivity index (χ0) is 26.5. The standard InChI is InChI=1S/C26H31FN6O4/c1-15-8-6-7-11-33(15)23(34)13-20(31-26(36)21-12-16(2)37-32-21)25(35)29-17(3)24-28-14-22(30-24)18-9-4-5-10-19(18)27/h4-5,9-10,12,15,17,20H,6-8,11,13-14H2,1-3H3,(H,29,35)(H,31,36)/t15-,17-,20-/m0/s1. The molecule has 0 aliphatic carbocycles. The number of aromatic nitrogens is 1. The lowest BCUT2D eigenvalue weighted by atomic mass is 10.0. The van der Waals surface area contributed by atoms with Crippen molar-refractivity contribution >= 4 is 29.3 Å². The minimum absolute atomic E-state index is 0.0152. The summed E-state index contributed by atoms with van der Waals surface area (Å²) in [5, 5.41) is 9.11. The fourth-order valence-electron chi connectivity index (χ4n) is 4.49. The molecule has 2 N–H and O–H groups in total. The van der Waals surface area contributed by atoms with E-state index in [2.05, 4.69) is 25.8 Å². The number of nitrogens with zero attached hydrogens (tertiary/aromatic N) is 4. The summed E-state index contributed by atoms with van der Waals surface area (Å²) < 4.78 is 19.1. The van der Waals surface area contributed by atoms with Gasteiger partial charge in [-0.25, -0.2) is 9.38 Å². The zero-order valence-corrected chi connectivity index (χ0v) is 21.2. The van der Waals surface area contributed by atoms with Gasteiger partial charge in [-0.15, -0.1) is 0 Å². The number of halogens is 1. The maximum atomic E-state index is 14.2. The molecule has 2 aliphatic rings. The number of hydrogen-bond donors (Lipinski definition) is 2. The van der Waals surface area contributed by atoms with Gasteiger partial charge in [-0.3, -0.25) is 19.4 Å². The molecule has 0 radical (unpaired) electrons. The summed E-state index contributed by atoms with van der Waals surface area (Å²) in [7, 11) is 0. The van der Waals surface area contributed by atoms with E-state index in [1.165, 1.54) is 12.1 Å². The van der Waals surface area contributed by atoms with Crippen molar-refractivity contribution in [3.05, 3.63) is 53.2 Å². The van der Waals surface area contributed by atoms with Gasteiger partial charge in [-0.05, 0) is 46.1 Å². The van der Waals surface area contributed by atoms with E-state index in [-0.39, 0.29) is 30.6 Å². The zero-order valence-electron chi connectivity index (χ0n) is 21.2. The maximum absolute atomic E-state index is 14.2. The molecule has 2 aromatic rings. The van der Waals surface area contributed by atoms with Gasteiger partial charge in [-0.1, -0.05) is 23.4 Å². The average molecular weight is 511 g/mol. The Morgan fingerprint density at radius 1 is 1.22 bits per heavy atom. The molecule has 4 rings (SSSR count). The van der Waals surface area contributed by atoms with Crippen molar-refractivity contribution in [2.45, 2.75) is 64.6 Å². The van der Waals surface area contributed by atoms with E-state index in [0.29, 0.717) is 29.4 Å². The summed E-state index contributed by atoms with van der Waals surface area (Å²) in [6.45, 7) is 6.13. The third-order valence-corrected chi connectivity index (χ3v) is 6.56. The van der Waals surface area contributed by atoms with Crippen LogP contribution in [0.2, 0.25) is 0 Å². The van der Waals surface area contributed by atoms with Crippen molar-refractivity contribution in [3.8, 4) is 0 Å². The van der Waals surface area contributed by atoms with Crippen LogP contribution in [0.3, 0.4) is 0 Å². The van der Waals surface area contributed by atoms with Crippen LogP contribution in [0.1, 0.15) is 61.3 Å². The Hall–Kier alpha value is -3.89. The van der Waals surface area contributed by atoms with Crippen LogP contribution < -0.4 is 10.6 Å². The lowest BCUT2D eigenvalue weighted by Crippen LogP contribution is -2.53. The van der Waals surface area contributed by atoms with Crippen molar-refractivity contribution in [3.63, 3.8) is 0 Å². The Balaban J connectivity index is 1.46. The van der Waals surface area contributed by atoms with Crippen molar-refractivity contribution in [2.75, 3.05) is 13.1 Å². The quantitative estimate of drug-likeness (QED) is 0.564. The largest absolute Gasteiger partial charge is 0.361 e. The first-order valence-electron chi connectivity index (χ1n) is 12.4. The highest BCUT2D eigenvalue weighted by Gasteiger charge is 2.32. The van der Waals surface area contributed by atoms with Gasteiger partial charge < -0.3 is 20.1 Å². The number of piperidine rings is 1. The molecule has 0 spiro atoms. The van der Waals surface area contributed by atoms with Crippen LogP contribution in [0.25, 0.3) is 0 Å². The number of hydrogen-bond acceptors (Lipinski definition) is 7. The lowest BCUT2D eigenvalue weighted by molar-refractivity contribution is -0.137. The van der Waals surface area contributed by atoms with Gasteiger partial charge in [0, 0.05) is 24.2 Å². The van der Waals surface area contributed by atoms with Crippen LogP contribution in [-0.2, 0) is 9.59 Å². The highest BCUT2D eigenvalue weighted by molar-refractivity contribution is 6.14. The molecule has 11 heteroatoms. The van der Waals surface area contributed by atoms with Gasteiger partial charge in [0.25, 0.3) is 5.91 Å². The molecular formula is C26H31FN6O4. The number of likely N-dealkylation sites (tertiary alicyclic amines) is 1. The summed E-state index contributed by atoms with van der Waals surface area (Å²) in [4.78, 5) is 49.7. The predicted molar refractivity (Wildman–Crippen MR) is 135 cm³/mol. The van der Waals surface area contributed by atoms with E-state index < -0.39 is 29.7 Å². The van der Waals surface area contributed by atoms with Crippen molar-refractivity contribution in [1.82, 2.24) is 20.7 Å². The number of amides is 3. The van der Waals surface area contributed by atoms with E-state index >= 15 is 0 Å². The Morgan fingerprint density at radius 2 is 2.00 bits per heavy atom. The van der Waals surface area contributed by atoms with Crippen LogP contribution in [-0.4, -0.2) is 70.5 Å². The first kappa shape index (κ1) is 26.2. The molecule has 0 saturated carbocycles. The van der Waals surface area contributed by atoms with E-state index in [9.17, 15) is 18.8 Å². The normalized spacial score (nSPS) is 19.0. The van der Waals surface area contributed by atoms with Gasteiger partial charge in [0.15, 0.2) is 5.69 Å². The van der Waals surface area contributed by atoms with E-state index in [1.807, 2.05) is 6.92 Å². The number of benzene rings is 1. The Labute approximate surface area is 214 Å². The fraction of sp³-hybridized carbons (Fsp3) is 0.462. The molecule has 3 atom stereocenters. The minimum atomic E-state index is -1.15. The summed E-state index contributed by atoms with van der Waals surface area (Å²) in [6.07, 6.45) is 2.64. The molecule has 1 fully saturated rings. The van der Waals surface area contributed by atoms with Crippen LogP contribution in [0.15, 0.2) is 44.8 Å². The second-order valence-corrected chi connectivity index (χ2v) is 9.43. The van der Waals surface area contributed by atoms with Crippen LogP contribution >= 0.6 is 0 Å². The van der Waals surface area contributed by atoms with E-state index in [4.69, 9.17) is 4.52 Å². The number of nitrogens with one attached hydrogen (secondary N) is 2. The number of carbonyl (C=O) groups excluding carboxylic acids is 3. The number of rotatable bonds is 8. The van der Waals surface area contributed by atoms with Crippen LogP contribution in [0.4, 0.5) is 4.39 Å². The van der Waals surface area contributed by atoms with Gasteiger partial charge in [0.1, 0.15) is 23.5 Å². The van der Waals surface area contributed by atoms with E-state index in [0.717, 1.165) is 19.3 Å². The average Bonchev–Trinajstić information content (AvgIpc) is 3.53. The molecule has 1 aromatic carbocycles. The van der Waals surface area contributed by atoms with Gasteiger partial charge in [0.2, 0.25) is 11.8 Å². The molecule has 37 heavy (non-hydrogen) atoms. The number of aliphatic imine (C=N–C) groups is 2. The third kappa shape index (κ3) is 6.28. The Bertz CT molecular complexity index is 1240. The summed E-state index contributed by atoms with van der Waals surface area (Å²) in [5.41, 5.74) is 0.838. The summed E-state index contributed by atoms with van der Waals surface area (Å²) >= 11 is 0. The second-order valence-electron chi connectivity index (χ2n) is 9.43. The molecular weight excluding hydrogens is 479 g/mol. The predicted octanol–water partition coefficient (Wildman–Crippen LogP) is 2.42. The molecule has 3 amide bonds. The number of amidine groups is 1. The molecule has 1 aromatic heterocycles. The smallest absolute Gasteiger partial charge is 0.274 e. The van der Waals surface area contributed by atoms with Crippen molar-refractivity contribution < 1.29 is 23.3 Å². The highest BCUT2D eigenvalue weighted by atomic mass is 19.1. The van der Waals surface area contributed by atoms with Crippen LogP contribution in [0, 0.1) is 12.7 Å². The molecule has 3 heterocycles. The first-order chi connectivity index (χ1) is 17.7. The molecule has 0 unspecified atom stereocenters. The maximum Gasteiger partial charge on any atom is 0.274 e. The Morgan fingerprint density at radius 3 is 2.70 bits per heavy atom. The molecule has 1 saturated heterocycles. The summed E-state index contributed by atoms with van der Waals surface area (Å²) in [6, 6.07) is 6.03. The topological polar surface area (TPSA) is 129 Å². The van der Waals surface area contributed by atoms with Crippen LogP contribution in [0.5, 0.6) is 0 Å². The van der Waals surface area contributed by atoms with E-state index in [1.54, 1.807) is 36.9 Å². The Kier molecular flexibility index (Phi) is 8.10. The number of aryl methyl sites for hydroxylation is 1. The highest BCUT2D eigenvalue weighted by Crippen LogP contribution is 2.18. The number of carbonyl (C=O) groups is 3. The molecule has 196 valence electrons. The minimum Gasteiger partial charge on any atom is -0.361 e. The van der Waals surface area contributed by atoms with Gasteiger partial charge in [-0.2, -0.15) is 0 Å². The summed E-state index contributed by atoms with van der Waals surface area (Å²) in [5.74, 6) is -1.01. The van der Waals surface area contributed by atoms with Crippen molar-refractivity contribution in [1.29, 1.82) is 0 Å². The second kappa shape index (κ2) is 11.4. The molecule has 10 nitrogen and oxygen atoms in total. The van der Waals surface area contributed by atoms with Gasteiger partial charge in [0.05, 0.1) is 24.7 Å². The fourth-order valence-corrected chi connectivity index (χ4v) is 4.49. The third-order valence-electron chi connectivity index (χ3n) is 6.56. The van der Waals surface area contributed by atoms with Gasteiger partial charge >= 0.3 is 0 Å². The molecule has 2 aliphatic heterocycles. The first-order valence-corrected chi connectivity index (χ1v) is 12.4.